The van der Waals surface area contributed by atoms with Gasteiger partial charge >= 0.3 is 5.97 Å². The maximum Gasteiger partial charge on any atom is 0.336 e. The van der Waals surface area contributed by atoms with Crippen LogP contribution in [0.2, 0.25) is 0 Å². The number of hydrogen-bond acceptors (Lipinski definition) is 4. The molecule has 5 heteroatoms. The molecule has 28 heavy (non-hydrogen) atoms. The van der Waals surface area contributed by atoms with Crippen LogP contribution in [-0.4, -0.2) is 50.2 Å². The van der Waals surface area contributed by atoms with Gasteiger partial charge in [0.15, 0.2) is 0 Å². The van der Waals surface area contributed by atoms with Gasteiger partial charge in [-0.05, 0) is 35.4 Å². The largest absolute Gasteiger partial charge is 0.462 e. The molecular weight excluding hydrogens is 350 g/mol. The van der Waals surface area contributed by atoms with Gasteiger partial charge in [-0.15, -0.1) is 0 Å². The van der Waals surface area contributed by atoms with Crippen LogP contribution in [0.3, 0.4) is 0 Å². The van der Waals surface area contributed by atoms with Crippen LogP contribution in [0.25, 0.3) is 0 Å². The Labute approximate surface area is 166 Å². The van der Waals surface area contributed by atoms with Gasteiger partial charge in [0.05, 0.1) is 11.0 Å². The maximum atomic E-state index is 12.7. The third-order valence-electron chi connectivity index (χ3n) is 5.93. The first kappa shape index (κ1) is 18.4. The van der Waals surface area contributed by atoms with Crippen LogP contribution in [0, 0.1) is 5.92 Å². The highest BCUT2D eigenvalue weighted by molar-refractivity contribution is 5.94. The second-order valence-corrected chi connectivity index (χ2v) is 8.05. The Kier molecular flexibility index (Phi) is 4.33. The van der Waals surface area contributed by atoms with Gasteiger partial charge in [-0.25, -0.2) is 4.79 Å². The molecule has 2 aromatic rings. The Bertz CT molecular complexity index is 966. The first-order chi connectivity index (χ1) is 13.3. The number of benzene rings is 1. The summed E-state index contributed by atoms with van der Waals surface area (Å²) >= 11 is 0. The lowest BCUT2D eigenvalue weighted by Crippen LogP contribution is -2.39. The fraction of sp³-hybridized carbons (Fsp3) is 0.348. The Morgan fingerprint density at radius 1 is 1.04 bits per heavy atom. The first-order valence-corrected chi connectivity index (χ1v) is 9.52. The molecule has 1 saturated heterocycles. The zero-order chi connectivity index (χ0) is 20.1. The van der Waals surface area contributed by atoms with Gasteiger partial charge in [-0.2, -0.15) is 0 Å². The molecule has 2 aliphatic rings. The molecule has 1 aliphatic heterocycles. The molecule has 0 saturated carbocycles. The lowest BCUT2D eigenvalue weighted by molar-refractivity contribution is -0.135. The van der Waals surface area contributed by atoms with Crippen LogP contribution in [0.5, 0.6) is 0 Å². The van der Waals surface area contributed by atoms with Crippen molar-refractivity contribution in [2.75, 3.05) is 39.7 Å². The molecule has 146 valence electrons. The average molecular weight is 377 g/mol. The van der Waals surface area contributed by atoms with E-state index < -0.39 is 5.41 Å². The highest BCUT2D eigenvalue weighted by Crippen LogP contribution is 2.50. The van der Waals surface area contributed by atoms with Gasteiger partial charge in [0.1, 0.15) is 6.61 Å². The lowest BCUT2D eigenvalue weighted by Gasteiger charge is -2.40. The number of cyclic esters (lactones) is 1. The second kappa shape index (κ2) is 6.59. The minimum absolute atomic E-state index is 0.0602. The van der Waals surface area contributed by atoms with Crippen molar-refractivity contribution in [2.45, 2.75) is 5.41 Å². The number of rotatable bonds is 4. The van der Waals surface area contributed by atoms with Gasteiger partial charge in [0, 0.05) is 64.9 Å². The summed E-state index contributed by atoms with van der Waals surface area (Å²) in [4.78, 5) is 16.8. The van der Waals surface area contributed by atoms with Crippen molar-refractivity contribution in [3.05, 3.63) is 77.3 Å². The molecule has 0 radical (unpaired) electrons. The third-order valence-corrected chi connectivity index (χ3v) is 5.93. The quantitative estimate of drug-likeness (QED) is 0.768. The molecule has 1 aromatic heterocycles. The van der Waals surface area contributed by atoms with Gasteiger partial charge in [0.2, 0.25) is 0 Å². The Morgan fingerprint density at radius 3 is 2.32 bits per heavy atom. The number of nitrogens with zero attached hydrogens (tertiary/aromatic N) is 3. The normalized spacial score (nSPS) is 23.6. The molecule has 2 atom stereocenters. The first-order valence-electron chi connectivity index (χ1n) is 9.52. The van der Waals surface area contributed by atoms with Crippen LogP contribution in [0.15, 0.2) is 66.1 Å². The number of allylic oxidation sites excluding steroid dienone is 2. The number of esters is 1. The van der Waals surface area contributed by atoms with E-state index in [-0.39, 0.29) is 11.9 Å². The van der Waals surface area contributed by atoms with Crippen molar-refractivity contribution in [2.24, 2.45) is 13.0 Å². The van der Waals surface area contributed by atoms with Gasteiger partial charge < -0.3 is 19.1 Å². The van der Waals surface area contributed by atoms with Gasteiger partial charge in [0.25, 0.3) is 0 Å². The van der Waals surface area contributed by atoms with Gasteiger partial charge in [-0.3, -0.25) is 0 Å². The van der Waals surface area contributed by atoms with E-state index in [4.69, 9.17) is 4.74 Å². The fourth-order valence-electron chi connectivity index (χ4n) is 4.46. The van der Waals surface area contributed by atoms with E-state index in [1.165, 1.54) is 11.1 Å². The molecule has 1 aliphatic carbocycles. The van der Waals surface area contributed by atoms with E-state index in [2.05, 4.69) is 64.3 Å². The van der Waals surface area contributed by atoms with E-state index in [0.717, 1.165) is 17.0 Å². The summed E-state index contributed by atoms with van der Waals surface area (Å²) in [5.41, 5.74) is 4.75. The molecule has 1 aromatic carbocycles. The number of carbonyl (C=O) groups excluding carboxylic acids is 1. The summed E-state index contributed by atoms with van der Waals surface area (Å²) in [5.74, 6) is -0.265. The average Bonchev–Trinajstić information content (AvgIpc) is 3.28. The minimum atomic E-state index is -0.437. The molecule has 0 bridgehead atoms. The molecule has 0 spiro atoms. The summed E-state index contributed by atoms with van der Waals surface area (Å²) < 4.78 is 7.63. The summed E-state index contributed by atoms with van der Waals surface area (Å²) in [6.07, 6.45) is 8.52. The number of fused-ring (bicyclic) bond motifs is 1. The smallest absolute Gasteiger partial charge is 0.336 e. The van der Waals surface area contributed by atoms with Crippen LogP contribution in [0.4, 0.5) is 5.69 Å². The topological polar surface area (TPSA) is 37.7 Å². The van der Waals surface area contributed by atoms with E-state index >= 15 is 0 Å². The molecule has 2 heterocycles. The Balaban J connectivity index is 1.94. The van der Waals surface area contributed by atoms with Crippen LogP contribution < -0.4 is 4.90 Å². The standard InChI is InChI=1S/C23H27N3O2/c1-24(2)18-8-6-16(7-9-18)23(17-11-13-26(5)14-17)12-10-20(25(3)4)21-19(23)15-28-22(21)27/h6-14,19H,15H2,1-5H3. The molecule has 4 rings (SSSR count). The second-order valence-electron chi connectivity index (χ2n) is 8.05. The van der Waals surface area contributed by atoms with Gasteiger partial charge in [-0.1, -0.05) is 18.2 Å². The lowest BCUT2D eigenvalue weighted by atomic mass is 9.62. The highest BCUT2D eigenvalue weighted by Gasteiger charge is 2.51. The number of hydrogen-bond donors (Lipinski definition) is 0. The van der Waals surface area contributed by atoms with E-state index in [0.29, 0.717) is 6.61 Å². The zero-order valence-electron chi connectivity index (χ0n) is 17.1. The van der Waals surface area contributed by atoms with Crippen molar-refractivity contribution in [3.8, 4) is 0 Å². The Morgan fingerprint density at radius 2 is 1.75 bits per heavy atom. The molecule has 0 N–H and O–H groups in total. The minimum Gasteiger partial charge on any atom is -0.462 e. The molecular formula is C23H27N3O2. The van der Waals surface area contributed by atoms with Crippen LogP contribution in [-0.2, 0) is 22.0 Å². The summed E-state index contributed by atoms with van der Waals surface area (Å²) in [6.45, 7) is 0.389. The molecule has 0 amide bonds. The van der Waals surface area contributed by atoms with Crippen molar-refractivity contribution in [3.63, 3.8) is 0 Å². The number of carbonyl (C=O) groups is 1. The summed E-state index contributed by atoms with van der Waals surface area (Å²) in [7, 11) is 10.0. The van der Waals surface area contributed by atoms with E-state index in [1.54, 1.807) is 0 Å². The van der Waals surface area contributed by atoms with Crippen molar-refractivity contribution in [1.29, 1.82) is 0 Å². The number of aromatic nitrogens is 1. The summed E-state index contributed by atoms with van der Waals surface area (Å²) in [6, 6.07) is 10.8. The summed E-state index contributed by atoms with van der Waals surface area (Å²) in [5, 5.41) is 0. The fourth-order valence-corrected chi connectivity index (χ4v) is 4.46. The van der Waals surface area contributed by atoms with Crippen molar-refractivity contribution < 1.29 is 9.53 Å². The van der Waals surface area contributed by atoms with E-state index in [9.17, 15) is 4.79 Å². The maximum absolute atomic E-state index is 12.7. The molecule has 1 fully saturated rings. The predicted molar refractivity (Wildman–Crippen MR) is 111 cm³/mol. The monoisotopic (exact) mass is 377 g/mol. The highest BCUT2D eigenvalue weighted by atomic mass is 16.5. The zero-order valence-corrected chi connectivity index (χ0v) is 17.1. The number of anilines is 1. The Hall–Kier alpha value is -2.95. The van der Waals surface area contributed by atoms with Crippen LogP contribution >= 0.6 is 0 Å². The molecule has 2 unspecified atom stereocenters. The van der Waals surface area contributed by atoms with E-state index in [1.807, 2.05) is 40.1 Å². The molecule has 5 nitrogen and oxygen atoms in total. The predicted octanol–water partition coefficient (Wildman–Crippen LogP) is 2.94. The van der Waals surface area contributed by atoms with Crippen molar-refractivity contribution in [1.82, 2.24) is 9.47 Å². The third kappa shape index (κ3) is 2.65. The number of aryl methyl sites for hydroxylation is 1. The SMILES string of the molecule is CN(C)C1=C2C(=O)OCC2C(c2ccc(N(C)C)cc2)(c2ccn(C)c2)C=C1. The number of likely N-dealkylation sites (N-methyl/N-ethyl adjacent to an activating group) is 1. The van der Waals surface area contributed by atoms with Crippen molar-refractivity contribution >= 4 is 11.7 Å². The number of ether oxygens (including phenoxy) is 1. The van der Waals surface area contributed by atoms with Crippen LogP contribution in [0.1, 0.15) is 11.1 Å².